The lowest BCUT2D eigenvalue weighted by Gasteiger charge is -2.13. The third-order valence-electron chi connectivity index (χ3n) is 1.56. The summed E-state index contributed by atoms with van der Waals surface area (Å²) in [6.45, 7) is 0. The first-order valence-electron chi connectivity index (χ1n) is 3.48. The lowest BCUT2D eigenvalue weighted by atomic mass is 10.1. The second-order valence-corrected chi connectivity index (χ2v) is 3.28. The van der Waals surface area contributed by atoms with Gasteiger partial charge in [-0.25, -0.2) is 13.8 Å². The van der Waals surface area contributed by atoms with E-state index in [4.69, 9.17) is 5.11 Å². The van der Waals surface area contributed by atoms with E-state index in [1.165, 1.54) is 0 Å². The average Bonchev–Trinajstić information content (AvgIpc) is 2.06. The lowest BCUT2D eigenvalue weighted by molar-refractivity contribution is -0.140. The van der Waals surface area contributed by atoms with E-state index in [0.29, 0.717) is 6.20 Å². The van der Waals surface area contributed by atoms with Gasteiger partial charge in [-0.05, 0) is 15.9 Å². The number of aromatic hydroxyl groups is 1. The lowest BCUT2D eigenvalue weighted by Crippen LogP contribution is -2.11. The van der Waals surface area contributed by atoms with Crippen molar-refractivity contribution in [2.45, 2.75) is 12.6 Å². The molecule has 0 aliphatic carbocycles. The van der Waals surface area contributed by atoms with Crippen molar-refractivity contribution in [2.24, 2.45) is 0 Å². The summed E-state index contributed by atoms with van der Waals surface area (Å²) in [5, 5.41) is 9.00. The Hall–Kier alpha value is -0.920. The molecule has 0 spiro atoms. The number of hydrogen-bond donors (Lipinski definition) is 1. The van der Waals surface area contributed by atoms with Gasteiger partial charge in [-0.3, -0.25) is 0 Å². The van der Waals surface area contributed by atoms with E-state index in [-0.39, 0.29) is 0 Å². The molecule has 0 saturated heterocycles. The summed E-state index contributed by atoms with van der Waals surface area (Å²) in [5.41, 5.74) is -3.11. The number of nitrogens with zero attached hydrogens (tertiary/aromatic N) is 1. The summed E-state index contributed by atoms with van der Waals surface area (Å²) in [4.78, 5) is 3.16. The van der Waals surface area contributed by atoms with Crippen LogP contribution in [0.3, 0.4) is 0 Å². The smallest absolute Gasteiger partial charge is 0.420 e. The molecule has 0 fully saturated rings. The molecule has 8 heteroatoms. The highest BCUT2D eigenvalue weighted by Crippen LogP contribution is 2.43. The summed E-state index contributed by atoms with van der Waals surface area (Å²) in [6.07, 6.45) is -8.04. The molecule has 1 N–H and O–H groups in total. The van der Waals surface area contributed by atoms with Crippen LogP contribution in [0.15, 0.2) is 10.8 Å². The van der Waals surface area contributed by atoms with Crippen molar-refractivity contribution in [3.63, 3.8) is 0 Å². The minimum absolute atomic E-state index is 0.372. The van der Waals surface area contributed by atoms with E-state index in [1.54, 1.807) is 0 Å². The van der Waals surface area contributed by atoms with E-state index in [2.05, 4.69) is 20.9 Å². The first kappa shape index (κ1) is 12.2. The van der Waals surface area contributed by atoms with Crippen LogP contribution in [-0.4, -0.2) is 10.1 Å². The van der Waals surface area contributed by atoms with Crippen LogP contribution in [0.5, 0.6) is 5.75 Å². The average molecular weight is 292 g/mol. The zero-order valence-corrected chi connectivity index (χ0v) is 8.40. The Morgan fingerprint density at radius 3 is 2.27 bits per heavy atom. The molecule has 1 heterocycles. The van der Waals surface area contributed by atoms with Gasteiger partial charge in [0, 0.05) is 6.20 Å². The van der Waals surface area contributed by atoms with Gasteiger partial charge in [0.25, 0.3) is 6.43 Å². The standard InChI is InChI=1S/C7H3BrF5NO/c8-5-4(15)3(7(11,12)13)2(1-14-5)6(9)10/h1,6,15H. The third kappa shape index (κ3) is 2.36. The zero-order valence-electron chi connectivity index (χ0n) is 6.82. The van der Waals surface area contributed by atoms with Gasteiger partial charge in [-0.15, -0.1) is 0 Å². The molecule has 0 bridgehead atoms. The molecule has 0 saturated carbocycles. The summed E-state index contributed by atoms with van der Waals surface area (Å²) in [5.74, 6) is -1.33. The number of hydrogen-bond acceptors (Lipinski definition) is 2. The van der Waals surface area contributed by atoms with Crippen molar-refractivity contribution in [3.8, 4) is 5.75 Å². The first-order valence-corrected chi connectivity index (χ1v) is 4.27. The molecule has 1 aromatic rings. The highest BCUT2D eigenvalue weighted by Gasteiger charge is 2.40. The van der Waals surface area contributed by atoms with Gasteiger partial charge in [0.2, 0.25) is 0 Å². The Labute approximate surface area is 88.9 Å². The second-order valence-electron chi connectivity index (χ2n) is 2.53. The zero-order chi connectivity index (χ0) is 11.8. The van der Waals surface area contributed by atoms with Crippen LogP contribution in [0.25, 0.3) is 0 Å². The molecule has 84 valence electrons. The highest BCUT2D eigenvalue weighted by atomic mass is 79.9. The number of rotatable bonds is 1. The van der Waals surface area contributed by atoms with Gasteiger partial charge in [0.05, 0.1) is 5.56 Å². The molecular formula is C7H3BrF5NO. The Morgan fingerprint density at radius 1 is 1.33 bits per heavy atom. The molecule has 0 atom stereocenters. The maximum atomic E-state index is 12.3. The molecule has 1 rings (SSSR count). The fourth-order valence-corrected chi connectivity index (χ4v) is 1.26. The van der Waals surface area contributed by atoms with Crippen molar-refractivity contribution < 1.29 is 27.1 Å². The number of halogens is 6. The Balaban J connectivity index is 3.49. The van der Waals surface area contributed by atoms with Crippen LogP contribution in [0.1, 0.15) is 17.6 Å². The van der Waals surface area contributed by atoms with Crippen molar-refractivity contribution in [3.05, 3.63) is 21.9 Å². The fraction of sp³-hybridized carbons (Fsp3) is 0.286. The van der Waals surface area contributed by atoms with Crippen molar-refractivity contribution in [1.82, 2.24) is 4.98 Å². The Morgan fingerprint density at radius 2 is 1.87 bits per heavy atom. The van der Waals surface area contributed by atoms with E-state index in [9.17, 15) is 22.0 Å². The monoisotopic (exact) mass is 291 g/mol. The van der Waals surface area contributed by atoms with Gasteiger partial charge in [-0.1, -0.05) is 0 Å². The van der Waals surface area contributed by atoms with Crippen molar-refractivity contribution >= 4 is 15.9 Å². The number of pyridine rings is 1. The van der Waals surface area contributed by atoms with Gasteiger partial charge in [-0.2, -0.15) is 13.2 Å². The van der Waals surface area contributed by atoms with Crippen LogP contribution in [-0.2, 0) is 6.18 Å². The minimum atomic E-state index is -5.05. The molecule has 1 aromatic heterocycles. The Kier molecular flexibility index (Phi) is 3.17. The van der Waals surface area contributed by atoms with Crippen LogP contribution < -0.4 is 0 Å². The van der Waals surface area contributed by atoms with Crippen LogP contribution in [0.4, 0.5) is 22.0 Å². The van der Waals surface area contributed by atoms with Gasteiger partial charge >= 0.3 is 6.18 Å². The van der Waals surface area contributed by atoms with E-state index in [1.807, 2.05) is 0 Å². The molecule has 15 heavy (non-hydrogen) atoms. The first-order chi connectivity index (χ1) is 6.75. The predicted molar refractivity (Wildman–Crippen MR) is 43.6 cm³/mol. The number of alkyl halides is 5. The predicted octanol–water partition coefficient (Wildman–Crippen LogP) is 3.51. The van der Waals surface area contributed by atoms with E-state index < -0.39 is 34.1 Å². The summed E-state index contributed by atoms with van der Waals surface area (Å²) < 4.78 is 60.8. The SMILES string of the molecule is Oc1c(Br)ncc(C(F)F)c1C(F)(F)F. The quantitative estimate of drug-likeness (QED) is 0.634. The molecule has 0 aromatic carbocycles. The fourth-order valence-electron chi connectivity index (χ4n) is 0.955. The molecule has 0 aliphatic rings. The van der Waals surface area contributed by atoms with E-state index >= 15 is 0 Å². The van der Waals surface area contributed by atoms with Crippen LogP contribution >= 0.6 is 15.9 Å². The van der Waals surface area contributed by atoms with Crippen LogP contribution in [0, 0.1) is 0 Å². The summed E-state index contributed by atoms with van der Waals surface area (Å²) in [6, 6.07) is 0. The minimum Gasteiger partial charge on any atom is -0.505 e. The molecule has 2 nitrogen and oxygen atoms in total. The highest BCUT2D eigenvalue weighted by molar-refractivity contribution is 9.10. The Bertz CT molecular complexity index is 378. The van der Waals surface area contributed by atoms with Gasteiger partial charge in [0.15, 0.2) is 5.75 Å². The maximum Gasteiger partial charge on any atom is 0.420 e. The molecule has 0 aliphatic heterocycles. The van der Waals surface area contributed by atoms with Gasteiger partial charge in [0.1, 0.15) is 10.2 Å². The second kappa shape index (κ2) is 3.92. The summed E-state index contributed by atoms with van der Waals surface area (Å²) in [7, 11) is 0. The van der Waals surface area contributed by atoms with Crippen molar-refractivity contribution in [1.29, 1.82) is 0 Å². The molecule has 0 unspecified atom stereocenters. The maximum absolute atomic E-state index is 12.3. The van der Waals surface area contributed by atoms with Crippen LogP contribution in [0.2, 0.25) is 0 Å². The molecule has 0 radical (unpaired) electrons. The van der Waals surface area contributed by atoms with Crippen molar-refractivity contribution in [2.75, 3.05) is 0 Å². The van der Waals surface area contributed by atoms with E-state index in [0.717, 1.165) is 0 Å². The normalized spacial score (nSPS) is 12.2. The molecular weight excluding hydrogens is 289 g/mol. The number of aromatic nitrogens is 1. The summed E-state index contributed by atoms with van der Waals surface area (Å²) >= 11 is 2.52. The van der Waals surface area contributed by atoms with Gasteiger partial charge < -0.3 is 5.11 Å². The largest absolute Gasteiger partial charge is 0.505 e. The topological polar surface area (TPSA) is 33.1 Å². The third-order valence-corrected chi connectivity index (χ3v) is 2.14. The molecule has 0 amide bonds.